The molecule has 0 atom stereocenters. The van der Waals surface area contributed by atoms with Gasteiger partial charge in [0.25, 0.3) is 10.0 Å². The molecule has 2 aliphatic heterocycles. The Morgan fingerprint density at radius 1 is 1.14 bits per heavy atom. The Bertz CT molecular complexity index is 756. The molecule has 8 nitrogen and oxygen atoms in total. The fourth-order valence-corrected chi connectivity index (χ4v) is 5.53. The lowest BCUT2D eigenvalue weighted by molar-refractivity contribution is -0.126. The molecular formula is C19H33N5O3S. The van der Waals surface area contributed by atoms with Gasteiger partial charge in [-0.2, -0.15) is 4.31 Å². The number of carbonyl (C=O) groups is 1. The van der Waals surface area contributed by atoms with E-state index >= 15 is 0 Å². The van der Waals surface area contributed by atoms with Crippen molar-refractivity contribution in [2.24, 2.45) is 18.9 Å². The first-order valence-electron chi connectivity index (χ1n) is 10.2. The largest absolute Gasteiger partial charge is 0.356 e. The molecule has 3 rings (SSSR count). The zero-order chi connectivity index (χ0) is 20.3. The summed E-state index contributed by atoms with van der Waals surface area (Å²) in [6.07, 6.45) is 6.11. The molecule has 0 aromatic carbocycles. The normalized spacial score (nSPS) is 21.1. The Morgan fingerprint density at radius 3 is 2.36 bits per heavy atom. The van der Waals surface area contributed by atoms with Crippen molar-refractivity contribution < 1.29 is 13.2 Å². The van der Waals surface area contributed by atoms with Gasteiger partial charge in [0.1, 0.15) is 5.82 Å². The van der Waals surface area contributed by atoms with Crippen molar-refractivity contribution in [1.29, 1.82) is 0 Å². The maximum atomic E-state index is 12.7. The van der Waals surface area contributed by atoms with Crippen molar-refractivity contribution in [2.75, 3.05) is 39.8 Å². The van der Waals surface area contributed by atoms with Gasteiger partial charge in [0.05, 0.1) is 0 Å². The second-order valence-corrected chi connectivity index (χ2v) is 10.1. The minimum Gasteiger partial charge on any atom is -0.356 e. The first kappa shape index (κ1) is 21.3. The lowest BCUT2D eigenvalue weighted by Crippen LogP contribution is -2.43. The van der Waals surface area contributed by atoms with Gasteiger partial charge < -0.3 is 14.8 Å². The quantitative estimate of drug-likeness (QED) is 0.754. The van der Waals surface area contributed by atoms with Crippen LogP contribution >= 0.6 is 0 Å². The molecule has 2 aliphatic rings. The lowest BCUT2D eigenvalue weighted by Gasteiger charge is -2.31. The van der Waals surface area contributed by atoms with Gasteiger partial charge in [0, 0.05) is 38.8 Å². The predicted octanol–water partition coefficient (Wildman–Crippen LogP) is 0.977. The van der Waals surface area contributed by atoms with Crippen LogP contribution in [0.1, 0.15) is 37.9 Å². The second kappa shape index (κ2) is 8.92. The summed E-state index contributed by atoms with van der Waals surface area (Å²) >= 11 is 0. The van der Waals surface area contributed by atoms with Gasteiger partial charge in [-0.3, -0.25) is 4.79 Å². The van der Waals surface area contributed by atoms with Gasteiger partial charge in [-0.15, -0.1) is 0 Å². The van der Waals surface area contributed by atoms with Crippen LogP contribution in [-0.4, -0.2) is 72.9 Å². The van der Waals surface area contributed by atoms with Crippen LogP contribution in [0.4, 0.5) is 0 Å². The zero-order valence-electron chi connectivity index (χ0n) is 17.2. The predicted molar refractivity (Wildman–Crippen MR) is 107 cm³/mol. The maximum Gasteiger partial charge on any atom is 0.262 e. The third-order valence-electron chi connectivity index (χ3n) is 6.21. The fourth-order valence-electron chi connectivity index (χ4n) is 4.04. The van der Waals surface area contributed by atoms with Gasteiger partial charge in [-0.1, -0.05) is 0 Å². The summed E-state index contributed by atoms with van der Waals surface area (Å²) in [7, 11) is 0.351. The van der Waals surface area contributed by atoms with Crippen molar-refractivity contribution in [3.05, 3.63) is 12.0 Å². The molecular weight excluding hydrogens is 378 g/mol. The Balaban J connectivity index is 1.43. The molecule has 2 saturated heterocycles. The molecule has 0 unspecified atom stereocenters. The van der Waals surface area contributed by atoms with E-state index in [1.807, 2.05) is 0 Å². The second-order valence-electron chi connectivity index (χ2n) is 8.24. The molecule has 0 radical (unpaired) electrons. The number of amides is 1. The molecule has 0 aliphatic carbocycles. The summed E-state index contributed by atoms with van der Waals surface area (Å²) in [6.45, 7) is 5.51. The molecule has 9 heteroatoms. The smallest absolute Gasteiger partial charge is 0.262 e. The number of imidazole rings is 1. The minimum atomic E-state index is -3.58. The van der Waals surface area contributed by atoms with Crippen molar-refractivity contribution in [2.45, 2.75) is 44.1 Å². The van der Waals surface area contributed by atoms with E-state index in [4.69, 9.17) is 0 Å². The summed E-state index contributed by atoms with van der Waals surface area (Å²) in [5.74, 6) is 1.33. The minimum absolute atomic E-state index is 0.0682. The van der Waals surface area contributed by atoms with Crippen LogP contribution in [0.2, 0.25) is 0 Å². The highest BCUT2D eigenvalue weighted by molar-refractivity contribution is 7.89. The van der Waals surface area contributed by atoms with Gasteiger partial charge in [0.15, 0.2) is 5.03 Å². The number of piperidine rings is 2. The van der Waals surface area contributed by atoms with Crippen LogP contribution in [0.25, 0.3) is 0 Å². The van der Waals surface area contributed by atoms with Crippen LogP contribution in [0.15, 0.2) is 11.2 Å². The molecule has 1 N–H and O–H groups in total. The molecule has 1 aromatic rings. The molecule has 0 bridgehead atoms. The van der Waals surface area contributed by atoms with Crippen LogP contribution in [-0.2, 0) is 21.9 Å². The van der Waals surface area contributed by atoms with Gasteiger partial charge >= 0.3 is 0 Å². The van der Waals surface area contributed by atoms with Crippen LogP contribution in [0.3, 0.4) is 0 Å². The highest BCUT2D eigenvalue weighted by atomic mass is 32.2. The van der Waals surface area contributed by atoms with E-state index in [0.717, 1.165) is 26.1 Å². The lowest BCUT2D eigenvalue weighted by atomic mass is 9.93. The van der Waals surface area contributed by atoms with E-state index < -0.39 is 10.0 Å². The Kier molecular flexibility index (Phi) is 6.77. The summed E-state index contributed by atoms with van der Waals surface area (Å²) in [5, 5.41) is 3.16. The molecule has 2 fully saturated rings. The molecule has 1 aromatic heterocycles. The zero-order valence-corrected chi connectivity index (χ0v) is 18.0. The number of sulfonamides is 1. The number of carbonyl (C=O) groups excluding carboxylic acids is 1. The number of aromatic nitrogens is 2. The van der Waals surface area contributed by atoms with Crippen LogP contribution in [0.5, 0.6) is 0 Å². The highest BCUT2D eigenvalue weighted by Gasteiger charge is 2.33. The van der Waals surface area contributed by atoms with Gasteiger partial charge in [0.2, 0.25) is 5.91 Å². The molecule has 0 saturated carbocycles. The first-order valence-corrected chi connectivity index (χ1v) is 11.7. The topological polar surface area (TPSA) is 87.5 Å². The van der Waals surface area contributed by atoms with Crippen molar-refractivity contribution in [1.82, 2.24) is 24.1 Å². The molecule has 3 heterocycles. The number of aryl methyl sites for hydroxylation is 2. The van der Waals surface area contributed by atoms with Crippen LogP contribution in [0, 0.1) is 18.8 Å². The summed E-state index contributed by atoms with van der Waals surface area (Å²) < 4.78 is 28.7. The molecule has 1 amide bonds. The standard InChI is InChI=1S/C19H33N5O3S/c1-15-21-18(14-23(15)3)28(26,27)24-12-7-17(8-13-24)19(25)20-9-4-16-5-10-22(2)11-6-16/h14,16-17H,4-13H2,1-3H3,(H,20,25). The van der Waals surface area contributed by atoms with E-state index in [1.54, 1.807) is 24.7 Å². The summed E-state index contributed by atoms with van der Waals surface area (Å²) in [5.41, 5.74) is 0. The summed E-state index contributed by atoms with van der Waals surface area (Å²) in [4.78, 5) is 19.0. The average molecular weight is 412 g/mol. The van der Waals surface area contributed by atoms with Crippen molar-refractivity contribution in [3.8, 4) is 0 Å². The molecule has 0 spiro atoms. The number of nitrogens with one attached hydrogen (secondary N) is 1. The molecule has 28 heavy (non-hydrogen) atoms. The Hall–Kier alpha value is -1.45. The number of hydrogen-bond acceptors (Lipinski definition) is 5. The van der Waals surface area contributed by atoms with E-state index in [9.17, 15) is 13.2 Å². The van der Waals surface area contributed by atoms with Crippen molar-refractivity contribution in [3.63, 3.8) is 0 Å². The Morgan fingerprint density at radius 2 is 1.79 bits per heavy atom. The number of nitrogens with zero attached hydrogens (tertiary/aromatic N) is 4. The molecule has 158 valence electrons. The third-order valence-corrected chi connectivity index (χ3v) is 7.98. The van der Waals surface area contributed by atoms with Gasteiger partial charge in [-0.25, -0.2) is 13.4 Å². The van der Waals surface area contributed by atoms with Crippen LogP contribution < -0.4 is 5.32 Å². The average Bonchev–Trinajstić information content (AvgIpc) is 3.03. The monoisotopic (exact) mass is 411 g/mol. The highest BCUT2D eigenvalue weighted by Crippen LogP contribution is 2.24. The first-order chi connectivity index (χ1) is 13.3. The van der Waals surface area contributed by atoms with E-state index in [2.05, 4.69) is 22.2 Å². The fraction of sp³-hybridized carbons (Fsp3) is 0.789. The van der Waals surface area contributed by atoms with E-state index in [0.29, 0.717) is 37.7 Å². The number of likely N-dealkylation sites (tertiary alicyclic amines) is 1. The SMILES string of the molecule is Cc1nc(S(=O)(=O)N2CCC(C(=O)NCCC3CCN(C)CC3)CC2)cn1C. The van der Waals surface area contributed by atoms with E-state index in [-0.39, 0.29) is 16.9 Å². The van der Waals surface area contributed by atoms with E-state index in [1.165, 1.54) is 17.1 Å². The Labute approximate surface area is 168 Å². The number of hydrogen-bond donors (Lipinski definition) is 1. The number of rotatable bonds is 6. The van der Waals surface area contributed by atoms with Gasteiger partial charge in [-0.05, 0) is 65.1 Å². The van der Waals surface area contributed by atoms with Crippen molar-refractivity contribution >= 4 is 15.9 Å². The third kappa shape index (κ3) is 4.93. The maximum absolute atomic E-state index is 12.7. The summed E-state index contributed by atoms with van der Waals surface area (Å²) in [6, 6.07) is 0.